The van der Waals surface area contributed by atoms with Gasteiger partial charge in [-0.15, -0.1) is 0 Å². The van der Waals surface area contributed by atoms with Gasteiger partial charge >= 0.3 is 0 Å². The predicted molar refractivity (Wildman–Crippen MR) is 64.1 cm³/mol. The van der Waals surface area contributed by atoms with Crippen LogP contribution in [0.3, 0.4) is 0 Å². The zero-order valence-electron chi connectivity index (χ0n) is 10.3. The molecule has 1 unspecified atom stereocenters. The molecule has 2 fully saturated rings. The summed E-state index contributed by atoms with van der Waals surface area (Å²) in [5.74, 6) is 0.437. The van der Waals surface area contributed by atoms with Gasteiger partial charge in [-0.05, 0) is 38.5 Å². The lowest BCUT2D eigenvalue weighted by atomic mass is 10.1. The lowest BCUT2D eigenvalue weighted by Gasteiger charge is -2.29. The Hall–Kier alpha value is -1.10. The van der Waals surface area contributed by atoms with Crippen molar-refractivity contribution in [2.45, 2.75) is 44.7 Å². The molecule has 3 N–H and O–H groups in total. The topological polar surface area (TPSA) is 75.4 Å². The molecular formula is C12H21N3O2. The van der Waals surface area contributed by atoms with Crippen LogP contribution >= 0.6 is 0 Å². The van der Waals surface area contributed by atoms with Crippen molar-refractivity contribution < 1.29 is 9.59 Å². The summed E-state index contributed by atoms with van der Waals surface area (Å²) in [4.78, 5) is 25.1. The zero-order chi connectivity index (χ0) is 12.4. The molecule has 0 aromatic heterocycles. The normalized spacial score (nSPS) is 20.8. The van der Waals surface area contributed by atoms with Crippen LogP contribution in [-0.4, -0.2) is 41.9 Å². The Morgan fingerprint density at radius 2 is 2.00 bits per heavy atom. The first kappa shape index (κ1) is 12.4. The number of carbonyl (C=O) groups excluding carboxylic acids is 2. The number of rotatable bonds is 6. The largest absolute Gasteiger partial charge is 0.346 e. The molecule has 17 heavy (non-hydrogen) atoms. The van der Waals surface area contributed by atoms with Crippen molar-refractivity contribution in [3.63, 3.8) is 0 Å². The average molecular weight is 239 g/mol. The SMILES string of the molecule is CC(C1CC1)N(C(=O)CNC(=O)CN)C1CC1. The summed E-state index contributed by atoms with van der Waals surface area (Å²) < 4.78 is 0. The van der Waals surface area contributed by atoms with Crippen LogP contribution in [0.15, 0.2) is 0 Å². The van der Waals surface area contributed by atoms with E-state index in [4.69, 9.17) is 5.73 Å². The van der Waals surface area contributed by atoms with Gasteiger partial charge in [0.05, 0.1) is 13.1 Å². The van der Waals surface area contributed by atoms with Gasteiger partial charge in [0.1, 0.15) is 0 Å². The number of carbonyl (C=O) groups is 2. The summed E-state index contributed by atoms with van der Waals surface area (Å²) in [5, 5.41) is 2.55. The van der Waals surface area contributed by atoms with Crippen molar-refractivity contribution in [2.75, 3.05) is 13.1 Å². The summed E-state index contributed by atoms with van der Waals surface area (Å²) in [7, 11) is 0. The highest BCUT2D eigenvalue weighted by molar-refractivity contribution is 5.86. The standard InChI is InChI=1S/C12H21N3O2/c1-8(9-2-3-9)15(10-4-5-10)12(17)7-14-11(16)6-13/h8-10H,2-7,13H2,1H3,(H,14,16). The van der Waals surface area contributed by atoms with E-state index in [1.54, 1.807) is 0 Å². The highest BCUT2D eigenvalue weighted by Crippen LogP contribution is 2.39. The molecule has 0 aliphatic heterocycles. The first-order valence-electron chi connectivity index (χ1n) is 6.41. The number of amides is 2. The van der Waals surface area contributed by atoms with E-state index in [1.807, 2.05) is 4.90 Å². The van der Waals surface area contributed by atoms with Crippen molar-refractivity contribution in [1.29, 1.82) is 0 Å². The first-order valence-corrected chi connectivity index (χ1v) is 6.41. The monoisotopic (exact) mass is 239 g/mol. The minimum atomic E-state index is -0.270. The van der Waals surface area contributed by atoms with E-state index in [0.717, 1.165) is 12.8 Å². The van der Waals surface area contributed by atoms with Crippen LogP contribution in [0.1, 0.15) is 32.6 Å². The Balaban J connectivity index is 1.86. The molecule has 0 bridgehead atoms. The molecule has 2 amide bonds. The Bertz CT molecular complexity index is 311. The quantitative estimate of drug-likeness (QED) is 0.677. The molecule has 2 aliphatic carbocycles. The van der Waals surface area contributed by atoms with Crippen LogP contribution in [0.2, 0.25) is 0 Å². The zero-order valence-corrected chi connectivity index (χ0v) is 10.3. The van der Waals surface area contributed by atoms with E-state index in [0.29, 0.717) is 18.0 Å². The fraction of sp³-hybridized carbons (Fsp3) is 0.833. The van der Waals surface area contributed by atoms with Crippen LogP contribution < -0.4 is 11.1 Å². The van der Waals surface area contributed by atoms with Crippen LogP contribution in [0, 0.1) is 5.92 Å². The third-order valence-electron chi connectivity index (χ3n) is 3.59. The molecule has 5 nitrogen and oxygen atoms in total. The second-order valence-corrected chi connectivity index (χ2v) is 5.09. The summed E-state index contributed by atoms with van der Waals surface area (Å²) in [6.45, 7) is 2.15. The van der Waals surface area contributed by atoms with Gasteiger partial charge in [0.15, 0.2) is 0 Å². The fourth-order valence-corrected chi connectivity index (χ4v) is 2.26. The molecule has 0 aromatic rings. The van der Waals surface area contributed by atoms with Crippen molar-refractivity contribution >= 4 is 11.8 Å². The highest BCUT2D eigenvalue weighted by atomic mass is 16.2. The number of nitrogens with one attached hydrogen (secondary N) is 1. The Morgan fingerprint density at radius 1 is 1.35 bits per heavy atom. The number of nitrogens with two attached hydrogens (primary N) is 1. The molecule has 0 heterocycles. The Labute approximate surface area is 102 Å². The fourth-order valence-electron chi connectivity index (χ4n) is 2.26. The first-order chi connectivity index (χ1) is 8.13. The summed E-state index contributed by atoms with van der Waals surface area (Å²) in [6, 6.07) is 0.734. The van der Waals surface area contributed by atoms with Crippen molar-refractivity contribution in [2.24, 2.45) is 11.7 Å². The van der Waals surface area contributed by atoms with Crippen LogP contribution in [-0.2, 0) is 9.59 Å². The number of hydrogen-bond donors (Lipinski definition) is 2. The molecular weight excluding hydrogens is 218 g/mol. The smallest absolute Gasteiger partial charge is 0.242 e. The van der Waals surface area contributed by atoms with Gasteiger partial charge in [0.2, 0.25) is 11.8 Å². The van der Waals surface area contributed by atoms with Crippen molar-refractivity contribution in [1.82, 2.24) is 10.2 Å². The average Bonchev–Trinajstić information content (AvgIpc) is 3.17. The van der Waals surface area contributed by atoms with Crippen LogP contribution in [0.25, 0.3) is 0 Å². The van der Waals surface area contributed by atoms with E-state index in [9.17, 15) is 9.59 Å². The van der Waals surface area contributed by atoms with Crippen molar-refractivity contribution in [3.05, 3.63) is 0 Å². The summed E-state index contributed by atoms with van der Waals surface area (Å²) in [6.07, 6.45) is 4.67. The van der Waals surface area contributed by atoms with Crippen LogP contribution in [0.4, 0.5) is 0 Å². The molecule has 0 spiro atoms. The molecule has 2 rings (SSSR count). The minimum Gasteiger partial charge on any atom is -0.346 e. The van der Waals surface area contributed by atoms with Gasteiger partial charge in [-0.1, -0.05) is 0 Å². The molecule has 1 atom stereocenters. The third-order valence-corrected chi connectivity index (χ3v) is 3.59. The van der Waals surface area contributed by atoms with Crippen molar-refractivity contribution in [3.8, 4) is 0 Å². The van der Waals surface area contributed by atoms with Crippen LogP contribution in [0.5, 0.6) is 0 Å². The predicted octanol–water partition coefficient (Wildman–Crippen LogP) is -0.149. The van der Waals surface area contributed by atoms with E-state index in [-0.39, 0.29) is 24.9 Å². The maximum Gasteiger partial charge on any atom is 0.242 e. The van der Waals surface area contributed by atoms with Gasteiger partial charge < -0.3 is 16.0 Å². The molecule has 5 heteroatoms. The second kappa shape index (κ2) is 5.04. The van der Waals surface area contributed by atoms with Gasteiger partial charge in [-0.3, -0.25) is 9.59 Å². The van der Waals surface area contributed by atoms with E-state index in [2.05, 4.69) is 12.2 Å². The Kier molecular flexibility index (Phi) is 3.66. The minimum absolute atomic E-state index is 0.0358. The van der Waals surface area contributed by atoms with Gasteiger partial charge in [0, 0.05) is 12.1 Å². The van der Waals surface area contributed by atoms with E-state index >= 15 is 0 Å². The number of nitrogens with zero attached hydrogens (tertiary/aromatic N) is 1. The lowest BCUT2D eigenvalue weighted by molar-refractivity contribution is -0.135. The van der Waals surface area contributed by atoms with E-state index < -0.39 is 0 Å². The summed E-state index contributed by atoms with van der Waals surface area (Å²) in [5.41, 5.74) is 5.19. The van der Waals surface area contributed by atoms with E-state index in [1.165, 1.54) is 12.8 Å². The highest BCUT2D eigenvalue weighted by Gasteiger charge is 2.41. The third kappa shape index (κ3) is 3.19. The van der Waals surface area contributed by atoms with Gasteiger partial charge in [-0.2, -0.15) is 0 Å². The molecule has 0 aromatic carbocycles. The second-order valence-electron chi connectivity index (χ2n) is 5.09. The maximum absolute atomic E-state index is 12.1. The lowest BCUT2D eigenvalue weighted by Crippen LogP contribution is -2.47. The molecule has 96 valence electrons. The summed E-state index contributed by atoms with van der Waals surface area (Å²) >= 11 is 0. The maximum atomic E-state index is 12.1. The molecule has 2 saturated carbocycles. The number of hydrogen-bond acceptors (Lipinski definition) is 3. The molecule has 0 saturated heterocycles. The molecule has 0 radical (unpaired) electrons. The molecule has 2 aliphatic rings. The Morgan fingerprint density at radius 3 is 2.47 bits per heavy atom. The van der Waals surface area contributed by atoms with Gasteiger partial charge in [-0.25, -0.2) is 0 Å². The van der Waals surface area contributed by atoms with Gasteiger partial charge in [0.25, 0.3) is 0 Å².